The van der Waals surface area contributed by atoms with Crippen LogP contribution in [0.2, 0.25) is 0 Å². The second-order valence-electron chi connectivity index (χ2n) is 4.55. The van der Waals surface area contributed by atoms with Gasteiger partial charge in [0.05, 0.1) is 5.69 Å². The zero-order valence-corrected chi connectivity index (χ0v) is 11.0. The third-order valence-corrected chi connectivity index (χ3v) is 3.19. The van der Waals surface area contributed by atoms with Crippen molar-refractivity contribution in [1.29, 1.82) is 0 Å². The van der Waals surface area contributed by atoms with E-state index in [0.717, 1.165) is 11.4 Å². The summed E-state index contributed by atoms with van der Waals surface area (Å²) >= 11 is 0. The standard InChI is InChI=1S/C15H14N4O/c1-10-12(16)7-8-14-18-13(9-19(10)14)15(20)17-11-5-3-2-4-6-11/h2-9H,16H2,1H3,(H,17,20). The molecular weight excluding hydrogens is 252 g/mol. The zero-order valence-electron chi connectivity index (χ0n) is 11.0. The SMILES string of the molecule is Cc1c(N)ccc2nc(C(=O)Nc3ccccc3)cn12. The summed E-state index contributed by atoms with van der Waals surface area (Å²) in [4.78, 5) is 16.5. The van der Waals surface area contributed by atoms with Gasteiger partial charge in [0.25, 0.3) is 5.91 Å². The van der Waals surface area contributed by atoms with E-state index in [4.69, 9.17) is 5.73 Å². The molecule has 3 rings (SSSR count). The maximum Gasteiger partial charge on any atom is 0.275 e. The molecule has 0 unspecified atom stereocenters. The molecule has 0 spiro atoms. The van der Waals surface area contributed by atoms with Crippen LogP contribution in [0.5, 0.6) is 0 Å². The van der Waals surface area contributed by atoms with Gasteiger partial charge >= 0.3 is 0 Å². The van der Waals surface area contributed by atoms with Crippen LogP contribution in [0, 0.1) is 6.92 Å². The number of carbonyl (C=O) groups excluding carboxylic acids is 1. The van der Waals surface area contributed by atoms with E-state index in [2.05, 4.69) is 10.3 Å². The number of nitrogens with two attached hydrogens (primary N) is 1. The average Bonchev–Trinajstić information content (AvgIpc) is 2.89. The molecule has 5 heteroatoms. The van der Waals surface area contributed by atoms with E-state index in [1.807, 2.05) is 41.7 Å². The van der Waals surface area contributed by atoms with Crippen molar-refractivity contribution in [2.45, 2.75) is 6.92 Å². The molecule has 0 atom stereocenters. The molecule has 2 heterocycles. The molecule has 100 valence electrons. The highest BCUT2D eigenvalue weighted by Gasteiger charge is 2.12. The number of aromatic nitrogens is 2. The molecule has 2 aromatic heterocycles. The van der Waals surface area contributed by atoms with E-state index in [9.17, 15) is 4.79 Å². The lowest BCUT2D eigenvalue weighted by Crippen LogP contribution is -2.12. The number of hydrogen-bond donors (Lipinski definition) is 2. The highest BCUT2D eigenvalue weighted by Crippen LogP contribution is 2.15. The molecule has 1 amide bonds. The van der Waals surface area contributed by atoms with Gasteiger partial charge in [-0.2, -0.15) is 0 Å². The number of aryl methyl sites for hydroxylation is 1. The molecule has 0 aliphatic carbocycles. The molecule has 0 saturated heterocycles. The van der Waals surface area contributed by atoms with Crippen molar-refractivity contribution in [2.75, 3.05) is 11.1 Å². The van der Waals surface area contributed by atoms with Crippen LogP contribution in [-0.2, 0) is 0 Å². The normalized spacial score (nSPS) is 10.7. The van der Waals surface area contributed by atoms with E-state index in [-0.39, 0.29) is 5.91 Å². The van der Waals surface area contributed by atoms with Gasteiger partial charge in [-0.1, -0.05) is 18.2 Å². The third-order valence-electron chi connectivity index (χ3n) is 3.19. The molecule has 0 fully saturated rings. The number of rotatable bonds is 2. The first-order valence-electron chi connectivity index (χ1n) is 6.26. The Labute approximate surface area is 116 Å². The fourth-order valence-corrected chi connectivity index (χ4v) is 2.03. The Morgan fingerprint density at radius 3 is 2.70 bits per heavy atom. The Bertz CT molecular complexity index is 777. The number of hydrogen-bond acceptors (Lipinski definition) is 3. The van der Waals surface area contributed by atoms with Crippen molar-refractivity contribution < 1.29 is 4.79 Å². The number of nitrogens with zero attached hydrogens (tertiary/aromatic N) is 2. The highest BCUT2D eigenvalue weighted by molar-refractivity contribution is 6.03. The Hall–Kier alpha value is -2.82. The molecule has 20 heavy (non-hydrogen) atoms. The number of anilines is 2. The average molecular weight is 266 g/mol. The lowest BCUT2D eigenvalue weighted by Gasteiger charge is -2.02. The molecule has 0 radical (unpaired) electrons. The summed E-state index contributed by atoms with van der Waals surface area (Å²) in [5.41, 5.74) is 9.19. The number of imidazole rings is 1. The van der Waals surface area contributed by atoms with E-state index >= 15 is 0 Å². The van der Waals surface area contributed by atoms with Gasteiger partial charge in [-0.25, -0.2) is 4.98 Å². The fraction of sp³-hybridized carbons (Fsp3) is 0.0667. The van der Waals surface area contributed by atoms with Crippen molar-refractivity contribution in [3.63, 3.8) is 0 Å². The molecule has 1 aromatic carbocycles. The molecule has 0 aliphatic rings. The topological polar surface area (TPSA) is 72.4 Å². The summed E-state index contributed by atoms with van der Waals surface area (Å²) in [7, 11) is 0. The summed E-state index contributed by atoms with van der Waals surface area (Å²) in [6.07, 6.45) is 1.69. The molecular formula is C15H14N4O. The number of nitrogen functional groups attached to an aromatic ring is 1. The van der Waals surface area contributed by atoms with Crippen molar-refractivity contribution in [3.8, 4) is 0 Å². The molecule has 0 bridgehead atoms. The van der Waals surface area contributed by atoms with Gasteiger partial charge in [-0.15, -0.1) is 0 Å². The number of amides is 1. The predicted octanol–water partition coefficient (Wildman–Crippen LogP) is 2.48. The largest absolute Gasteiger partial charge is 0.397 e. The summed E-state index contributed by atoms with van der Waals surface area (Å²) in [5, 5.41) is 2.81. The summed E-state index contributed by atoms with van der Waals surface area (Å²) in [6.45, 7) is 1.89. The maximum absolute atomic E-state index is 12.2. The first-order chi connectivity index (χ1) is 9.65. The number of fused-ring (bicyclic) bond motifs is 1. The van der Waals surface area contributed by atoms with E-state index in [1.165, 1.54) is 0 Å². The van der Waals surface area contributed by atoms with Crippen LogP contribution < -0.4 is 11.1 Å². The Morgan fingerprint density at radius 1 is 1.20 bits per heavy atom. The minimum atomic E-state index is -0.238. The van der Waals surface area contributed by atoms with E-state index in [0.29, 0.717) is 17.0 Å². The smallest absolute Gasteiger partial charge is 0.275 e. The van der Waals surface area contributed by atoms with Gasteiger partial charge in [0.15, 0.2) is 0 Å². The Balaban J connectivity index is 1.94. The van der Waals surface area contributed by atoms with Gasteiger partial charge in [0, 0.05) is 17.6 Å². The zero-order chi connectivity index (χ0) is 14.1. The van der Waals surface area contributed by atoms with Crippen LogP contribution >= 0.6 is 0 Å². The molecule has 0 saturated carbocycles. The van der Waals surface area contributed by atoms with Crippen LogP contribution in [-0.4, -0.2) is 15.3 Å². The number of nitrogens with one attached hydrogen (secondary N) is 1. The lowest BCUT2D eigenvalue weighted by atomic mass is 10.3. The minimum absolute atomic E-state index is 0.238. The maximum atomic E-state index is 12.2. The molecule has 3 aromatic rings. The predicted molar refractivity (Wildman–Crippen MR) is 78.7 cm³/mol. The first-order valence-corrected chi connectivity index (χ1v) is 6.26. The van der Waals surface area contributed by atoms with E-state index < -0.39 is 0 Å². The molecule has 0 aliphatic heterocycles. The van der Waals surface area contributed by atoms with Gasteiger partial charge in [0.1, 0.15) is 11.3 Å². The first kappa shape index (κ1) is 12.2. The van der Waals surface area contributed by atoms with Crippen LogP contribution in [0.1, 0.15) is 16.2 Å². The molecule has 3 N–H and O–H groups in total. The monoisotopic (exact) mass is 266 g/mol. The van der Waals surface area contributed by atoms with Gasteiger partial charge in [-0.05, 0) is 31.2 Å². The summed E-state index contributed by atoms with van der Waals surface area (Å²) in [5.74, 6) is -0.238. The minimum Gasteiger partial charge on any atom is -0.397 e. The number of para-hydroxylation sites is 1. The summed E-state index contributed by atoms with van der Waals surface area (Å²) in [6, 6.07) is 12.9. The highest BCUT2D eigenvalue weighted by atomic mass is 16.1. The Kier molecular flexibility index (Phi) is 2.87. The van der Waals surface area contributed by atoms with Crippen LogP contribution in [0.3, 0.4) is 0 Å². The fourth-order valence-electron chi connectivity index (χ4n) is 2.03. The van der Waals surface area contributed by atoms with Crippen molar-refractivity contribution in [3.05, 3.63) is 60.0 Å². The lowest BCUT2D eigenvalue weighted by molar-refractivity contribution is 0.102. The second kappa shape index (κ2) is 4.70. The van der Waals surface area contributed by atoms with Gasteiger partial charge in [-0.3, -0.25) is 4.79 Å². The van der Waals surface area contributed by atoms with Crippen molar-refractivity contribution >= 4 is 22.9 Å². The molecule has 5 nitrogen and oxygen atoms in total. The van der Waals surface area contributed by atoms with Crippen LogP contribution in [0.25, 0.3) is 5.65 Å². The van der Waals surface area contributed by atoms with Gasteiger partial charge < -0.3 is 15.5 Å². The van der Waals surface area contributed by atoms with Crippen molar-refractivity contribution in [1.82, 2.24) is 9.38 Å². The van der Waals surface area contributed by atoms with E-state index in [1.54, 1.807) is 18.3 Å². The number of pyridine rings is 1. The van der Waals surface area contributed by atoms with Gasteiger partial charge in [0.2, 0.25) is 0 Å². The number of benzene rings is 1. The van der Waals surface area contributed by atoms with Crippen LogP contribution in [0.15, 0.2) is 48.7 Å². The number of carbonyl (C=O) groups is 1. The third kappa shape index (κ3) is 2.09. The summed E-state index contributed by atoms with van der Waals surface area (Å²) < 4.78 is 1.81. The second-order valence-corrected chi connectivity index (χ2v) is 4.55. The van der Waals surface area contributed by atoms with Crippen LogP contribution in [0.4, 0.5) is 11.4 Å². The van der Waals surface area contributed by atoms with Crippen molar-refractivity contribution in [2.24, 2.45) is 0 Å². The quantitative estimate of drug-likeness (QED) is 0.748. The Morgan fingerprint density at radius 2 is 1.95 bits per heavy atom.